The van der Waals surface area contributed by atoms with Gasteiger partial charge in [0, 0.05) is 36.8 Å². The lowest BCUT2D eigenvalue weighted by atomic mass is 10.3. The maximum absolute atomic E-state index is 12.6. The van der Waals surface area contributed by atoms with E-state index in [1.165, 1.54) is 12.1 Å². The maximum Gasteiger partial charge on any atom is 0.262 e. The summed E-state index contributed by atoms with van der Waals surface area (Å²) in [6.45, 7) is 1.27. The number of halogens is 1. The molecule has 0 saturated carbocycles. The van der Waals surface area contributed by atoms with E-state index in [0.717, 1.165) is 6.42 Å². The minimum Gasteiger partial charge on any atom is -0.490 e. The number of benzene rings is 2. The van der Waals surface area contributed by atoms with Crippen molar-refractivity contribution in [3.8, 4) is 11.5 Å². The number of carbonyl (C=O) groups is 1. The molecular weight excluding hydrogens is 406 g/mol. The Hall–Kier alpha value is -2.49. The second kappa shape index (κ2) is 9.63. The molecule has 0 bridgehead atoms. The molecule has 2 aromatic rings. The number of carbonyl (C=O) groups excluding carboxylic acids is 1. The average Bonchev–Trinajstić information content (AvgIpc) is 2.88. The lowest BCUT2D eigenvalue weighted by Crippen LogP contribution is -2.16. The smallest absolute Gasteiger partial charge is 0.262 e. The van der Waals surface area contributed by atoms with Gasteiger partial charge in [0.15, 0.2) is 11.5 Å². The minimum atomic E-state index is -3.79. The Morgan fingerprint density at radius 3 is 2.32 bits per heavy atom. The van der Waals surface area contributed by atoms with E-state index in [1.807, 2.05) is 0 Å². The zero-order valence-electron chi connectivity index (χ0n) is 15.0. The number of nitrogens with two attached hydrogens (primary N) is 1. The number of nitrogens with one attached hydrogen (secondary N) is 2. The molecule has 0 radical (unpaired) electrons. The van der Waals surface area contributed by atoms with Gasteiger partial charge in [0.1, 0.15) is 0 Å². The molecule has 1 aliphatic heterocycles. The van der Waals surface area contributed by atoms with Crippen molar-refractivity contribution in [2.75, 3.05) is 29.8 Å². The second-order valence-electron chi connectivity index (χ2n) is 5.93. The molecule has 1 heterocycles. The van der Waals surface area contributed by atoms with E-state index in [2.05, 4.69) is 10.0 Å². The van der Waals surface area contributed by atoms with Crippen molar-refractivity contribution in [2.45, 2.75) is 17.7 Å². The van der Waals surface area contributed by atoms with E-state index in [0.29, 0.717) is 36.1 Å². The highest BCUT2D eigenvalue weighted by Gasteiger charge is 2.19. The summed E-state index contributed by atoms with van der Waals surface area (Å²) in [5.41, 5.74) is 6.26. The number of anilines is 2. The first-order valence-corrected chi connectivity index (χ1v) is 9.99. The summed E-state index contributed by atoms with van der Waals surface area (Å²) in [6, 6.07) is 10.9. The van der Waals surface area contributed by atoms with Crippen LogP contribution in [0.5, 0.6) is 11.5 Å². The van der Waals surface area contributed by atoms with Crippen molar-refractivity contribution >= 4 is 39.7 Å². The molecule has 0 saturated heterocycles. The Balaban J connectivity index is 0.00000280. The Bertz CT molecular complexity index is 919. The van der Waals surface area contributed by atoms with Crippen molar-refractivity contribution in [1.29, 1.82) is 0 Å². The number of hydrogen-bond acceptors (Lipinski definition) is 6. The zero-order chi connectivity index (χ0) is 19.3. The van der Waals surface area contributed by atoms with Crippen LogP contribution in [0.15, 0.2) is 47.4 Å². The van der Waals surface area contributed by atoms with E-state index in [-0.39, 0.29) is 36.2 Å². The summed E-state index contributed by atoms with van der Waals surface area (Å²) >= 11 is 0. The van der Waals surface area contributed by atoms with Gasteiger partial charge in [-0.1, -0.05) is 0 Å². The highest BCUT2D eigenvalue weighted by atomic mass is 35.5. The summed E-state index contributed by atoms with van der Waals surface area (Å²) in [7, 11) is -3.79. The Labute approximate surface area is 169 Å². The van der Waals surface area contributed by atoms with Crippen LogP contribution < -0.4 is 25.2 Å². The molecule has 0 fully saturated rings. The highest BCUT2D eigenvalue weighted by Crippen LogP contribution is 2.32. The Kier molecular flexibility index (Phi) is 7.50. The molecule has 1 amide bonds. The SMILES string of the molecule is Cl.NCCC(=O)Nc1ccc(NS(=O)(=O)c2ccc3c(c2)OCCCO3)cc1. The number of rotatable bonds is 6. The van der Waals surface area contributed by atoms with Crippen LogP contribution in [-0.2, 0) is 14.8 Å². The van der Waals surface area contributed by atoms with Gasteiger partial charge in [-0.3, -0.25) is 9.52 Å². The van der Waals surface area contributed by atoms with Gasteiger partial charge < -0.3 is 20.5 Å². The largest absolute Gasteiger partial charge is 0.490 e. The van der Waals surface area contributed by atoms with Crippen molar-refractivity contribution in [3.63, 3.8) is 0 Å². The van der Waals surface area contributed by atoms with Crippen LogP contribution >= 0.6 is 12.4 Å². The van der Waals surface area contributed by atoms with Crippen LogP contribution in [0.1, 0.15) is 12.8 Å². The summed E-state index contributed by atoms with van der Waals surface area (Å²) in [4.78, 5) is 11.6. The monoisotopic (exact) mass is 427 g/mol. The number of hydrogen-bond donors (Lipinski definition) is 3. The van der Waals surface area contributed by atoms with Crippen LogP contribution in [0.25, 0.3) is 0 Å². The lowest BCUT2D eigenvalue weighted by molar-refractivity contribution is -0.116. The van der Waals surface area contributed by atoms with Crippen LogP contribution in [0.3, 0.4) is 0 Å². The fraction of sp³-hybridized carbons (Fsp3) is 0.278. The molecule has 0 aliphatic carbocycles. The molecule has 0 spiro atoms. The maximum atomic E-state index is 12.6. The second-order valence-corrected chi connectivity index (χ2v) is 7.61. The molecule has 8 nitrogen and oxygen atoms in total. The molecule has 1 aliphatic rings. The molecule has 28 heavy (non-hydrogen) atoms. The molecule has 4 N–H and O–H groups in total. The standard InChI is InChI=1S/C18H21N3O5S.ClH/c19-9-8-18(22)20-13-2-4-14(5-3-13)21-27(23,24)15-6-7-16-17(12-15)26-11-1-10-25-16;/h2-7,12,21H,1,8-11,19H2,(H,20,22);1H. The minimum absolute atomic E-state index is 0. The van der Waals surface area contributed by atoms with Crippen molar-refractivity contribution in [3.05, 3.63) is 42.5 Å². The first kappa shape index (κ1) is 21.8. The van der Waals surface area contributed by atoms with E-state index >= 15 is 0 Å². The van der Waals surface area contributed by atoms with Crippen LogP contribution in [0.2, 0.25) is 0 Å². The van der Waals surface area contributed by atoms with Gasteiger partial charge in [0.25, 0.3) is 10.0 Å². The van der Waals surface area contributed by atoms with Crippen LogP contribution in [0, 0.1) is 0 Å². The van der Waals surface area contributed by atoms with Crippen molar-refractivity contribution in [2.24, 2.45) is 5.73 Å². The Morgan fingerprint density at radius 1 is 1.00 bits per heavy atom. The summed E-state index contributed by atoms with van der Waals surface area (Å²) in [6.07, 6.45) is 0.960. The first-order valence-electron chi connectivity index (χ1n) is 8.50. The summed E-state index contributed by atoms with van der Waals surface area (Å²) in [5, 5.41) is 2.68. The van der Waals surface area contributed by atoms with E-state index in [1.54, 1.807) is 30.3 Å². The molecule has 2 aromatic carbocycles. The predicted octanol–water partition coefficient (Wildman–Crippen LogP) is 2.36. The molecular formula is C18H22ClN3O5S. The van der Waals surface area contributed by atoms with Crippen LogP contribution in [0.4, 0.5) is 11.4 Å². The average molecular weight is 428 g/mol. The molecule has 0 atom stereocenters. The van der Waals surface area contributed by atoms with Gasteiger partial charge in [-0.05, 0) is 36.4 Å². The lowest BCUT2D eigenvalue weighted by Gasteiger charge is -2.12. The summed E-state index contributed by atoms with van der Waals surface area (Å²) < 4.78 is 38.8. The zero-order valence-corrected chi connectivity index (χ0v) is 16.6. The summed E-state index contributed by atoms with van der Waals surface area (Å²) in [5.74, 6) is 0.746. The third kappa shape index (κ3) is 5.51. The molecule has 0 aromatic heterocycles. The third-order valence-corrected chi connectivity index (χ3v) is 5.20. The van der Waals surface area contributed by atoms with Crippen molar-refractivity contribution < 1.29 is 22.7 Å². The first-order chi connectivity index (χ1) is 13.0. The van der Waals surface area contributed by atoms with Gasteiger partial charge >= 0.3 is 0 Å². The number of amides is 1. The molecule has 10 heteroatoms. The third-order valence-electron chi connectivity index (χ3n) is 3.82. The Morgan fingerprint density at radius 2 is 1.64 bits per heavy atom. The molecule has 152 valence electrons. The van der Waals surface area contributed by atoms with E-state index in [4.69, 9.17) is 15.2 Å². The van der Waals surface area contributed by atoms with Gasteiger partial charge in [0.05, 0.1) is 18.1 Å². The topological polar surface area (TPSA) is 120 Å². The number of sulfonamides is 1. The van der Waals surface area contributed by atoms with Crippen LogP contribution in [-0.4, -0.2) is 34.1 Å². The fourth-order valence-corrected chi connectivity index (χ4v) is 3.57. The molecule has 0 unspecified atom stereocenters. The highest BCUT2D eigenvalue weighted by molar-refractivity contribution is 7.92. The van der Waals surface area contributed by atoms with Gasteiger partial charge in [-0.15, -0.1) is 12.4 Å². The molecule has 3 rings (SSSR count). The predicted molar refractivity (Wildman–Crippen MR) is 109 cm³/mol. The fourth-order valence-electron chi connectivity index (χ4n) is 2.50. The van der Waals surface area contributed by atoms with Gasteiger partial charge in [-0.25, -0.2) is 8.42 Å². The quantitative estimate of drug-likeness (QED) is 0.650. The number of ether oxygens (including phenoxy) is 2. The normalized spacial score (nSPS) is 13.0. The number of fused-ring (bicyclic) bond motifs is 1. The van der Waals surface area contributed by atoms with Crippen molar-refractivity contribution in [1.82, 2.24) is 0 Å². The van der Waals surface area contributed by atoms with Gasteiger partial charge in [0.2, 0.25) is 5.91 Å². The van der Waals surface area contributed by atoms with E-state index < -0.39 is 10.0 Å². The van der Waals surface area contributed by atoms with Gasteiger partial charge in [-0.2, -0.15) is 0 Å². The van der Waals surface area contributed by atoms with E-state index in [9.17, 15) is 13.2 Å².